The first-order valence-electron chi connectivity index (χ1n) is 21.2. The summed E-state index contributed by atoms with van der Waals surface area (Å²) in [5.74, 6) is 1.47. The number of ether oxygens (including phenoxy) is 6. The van der Waals surface area contributed by atoms with Gasteiger partial charge in [-0.25, -0.2) is 4.79 Å². The molecule has 328 valence electrons. The number of hydrogen-bond acceptors (Lipinski definition) is 12. The molecule has 4 aliphatic rings. The Kier molecular flexibility index (Phi) is 15.8. The molecule has 3 aromatic rings. The van der Waals surface area contributed by atoms with E-state index >= 15 is 0 Å². The van der Waals surface area contributed by atoms with Crippen molar-refractivity contribution in [3.63, 3.8) is 0 Å². The van der Waals surface area contributed by atoms with Crippen LogP contribution in [-0.4, -0.2) is 97.3 Å². The quantitative estimate of drug-likeness (QED) is 0.0330. The van der Waals surface area contributed by atoms with E-state index in [1.165, 1.54) is 12.0 Å². The molecule has 14 heteroatoms. The molecule has 1 saturated carbocycles. The summed E-state index contributed by atoms with van der Waals surface area (Å²) < 4.78 is 38.0. The Morgan fingerprint density at radius 1 is 1.00 bits per heavy atom. The van der Waals surface area contributed by atoms with E-state index in [1.807, 2.05) is 48.5 Å². The predicted octanol–water partition coefficient (Wildman–Crippen LogP) is 8.73. The third kappa shape index (κ3) is 10.1. The molecule has 0 spiro atoms. The highest BCUT2D eigenvalue weighted by atomic mass is 35.5. The molecule has 3 aromatic carbocycles. The van der Waals surface area contributed by atoms with Crippen molar-refractivity contribution < 1.29 is 48.3 Å². The summed E-state index contributed by atoms with van der Waals surface area (Å²) in [5.41, 5.74) is 3.38. The standard InChI is InChI=1S/C47H57ClN2O10S/c1-3-22-59-47-43(50(46(53)56-23-19-48)30-32-15-17-41-42(26-32)58-31-57-41)29-39(49-54-2)37-27-33(11-7-9-20-51)36(14-8-10-21-52)44(45(37)47)38-28-34(16-18-40(38)60-47)55-24-25-61-35-12-5-4-6-13-35/h3-6,12-13,15-18,26-28,33,36,43-45,51-52H,1,7-11,14,19-25,29-31H2,2H3/t33-,36+,43-,44+,45+,47+/m0/s1. The summed E-state index contributed by atoms with van der Waals surface area (Å²) in [6, 6.07) is 21.1. The monoisotopic (exact) mass is 876 g/mol. The summed E-state index contributed by atoms with van der Waals surface area (Å²) >= 11 is 7.83. The molecule has 12 nitrogen and oxygen atoms in total. The van der Waals surface area contributed by atoms with Gasteiger partial charge >= 0.3 is 6.09 Å². The first kappa shape index (κ1) is 44.6. The van der Waals surface area contributed by atoms with E-state index < -0.39 is 23.8 Å². The van der Waals surface area contributed by atoms with Crippen LogP contribution in [-0.2, 0) is 20.9 Å². The van der Waals surface area contributed by atoms with Crippen LogP contribution in [0.2, 0.25) is 0 Å². The van der Waals surface area contributed by atoms with Crippen LogP contribution < -0.4 is 18.9 Å². The van der Waals surface area contributed by atoms with Crippen molar-refractivity contribution in [2.75, 3.05) is 58.6 Å². The number of allylic oxidation sites excluding steroid dienone is 1. The van der Waals surface area contributed by atoms with Gasteiger partial charge < -0.3 is 43.5 Å². The molecule has 0 radical (unpaired) electrons. The number of aliphatic hydroxyl groups is 2. The summed E-state index contributed by atoms with van der Waals surface area (Å²) in [6.07, 6.45) is 8.26. The Bertz CT molecular complexity index is 2000. The van der Waals surface area contributed by atoms with Gasteiger partial charge in [0, 0.05) is 48.3 Å². The van der Waals surface area contributed by atoms with E-state index in [9.17, 15) is 15.0 Å². The zero-order chi connectivity index (χ0) is 42.6. The van der Waals surface area contributed by atoms with Gasteiger partial charge in [-0.1, -0.05) is 54.4 Å². The lowest BCUT2D eigenvalue weighted by Crippen LogP contribution is -2.70. The maximum absolute atomic E-state index is 14.5. The lowest BCUT2D eigenvalue weighted by Gasteiger charge is -2.59. The highest BCUT2D eigenvalue weighted by Gasteiger charge is 2.65. The minimum atomic E-state index is -1.46. The van der Waals surface area contributed by atoms with Gasteiger partial charge in [0.2, 0.25) is 12.6 Å². The number of aliphatic hydroxyl groups excluding tert-OH is 2. The number of benzene rings is 3. The van der Waals surface area contributed by atoms with Gasteiger partial charge in [-0.15, -0.1) is 29.9 Å². The van der Waals surface area contributed by atoms with Crippen molar-refractivity contribution in [3.05, 3.63) is 102 Å². The topological polar surface area (TPSA) is 138 Å². The molecular weight excluding hydrogens is 820 g/mol. The first-order valence-corrected chi connectivity index (χ1v) is 22.8. The normalized spacial score (nSPS) is 23.9. The smallest absolute Gasteiger partial charge is 0.410 e. The Labute approximate surface area is 367 Å². The Balaban J connectivity index is 1.37. The predicted molar refractivity (Wildman–Crippen MR) is 235 cm³/mol. The lowest BCUT2D eigenvalue weighted by molar-refractivity contribution is -0.256. The van der Waals surface area contributed by atoms with Crippen LogP contribution in [0, 0.1) is 17.8 Å². The number of oxime groups is 1. The average molecular weight is 877 g/mol. The molecule has 6 atom stereocenters. The van der Waals surface area contributed by atoms with Crippen LogP contribution in [0.4, 0.5) is 4.79 Å². The molecule has 2 N–H and O–H groups in total. The molecule has 0 unspecified atom stereocenters. The second-order valence-electron chi connectivity index (χ2n) is 15.6. The number of fused-ring (bicyclic) bond motifs is 3. The van der Waals surface area contributed by atoms with E-state index in [-0.39, 0.29) is 69.8 Å². The highest BCUT2D eigenvalue weighted by molar-refractivity contribution is 7.99. The summed E-state index contributed by atoms with van der Waals surface area (Å²) in [4.78, 5) is 22.9. The first-order chi connectivity index (χ1) is 29.9. The van der Waals surface area contributed by atoms with Crippen LogP contribution in [0.25, 0.3) is 0 Å². The van der Waals surface area contributed by atoms with Gasteiger partial charge in [-0.05, 0) is 91.1 Å². The third-order valence-electron chi connectivity index (χ3n) is 11.9. The highest BCUT2D eigenvalue weighted by Crippen LogP contribution is 2.62. The summed E-state index contributed by atoms with van der Waals surface area (Å²) in [5, 5.41) is 24.5. The van der Waals surface area contributed by atoms with E-state index in [4.69, 9.17) is 44.9 Å². The molecule has 61 heavy (non-hydrogen) atoms. The molecule has 2 aliphatic carbocycles. The van der Waals surface area contributed by atoms with Gasteiger partial charge in [0.05, 0.1) is 30.7 Å². The SMILES string of the molecule is C=CCO[C@@]12Oc3ccc(OCCSc4ccccc4)cc3[C@H]3[C@H](CCCCO)[C@@H](CCCCO)C=C(C(=NOC)C[C@@H]1N(Cc1ccc4c(c1)OCO4)C(=O)OCCCl)[C@H]32. The van der Waals surface area contributed by atoms with Crippen molar-refractivity contribution in [3.8, 4) is 23.0 Å². The fraction of sp³-hybridized carbons (Fsp3) is 0.489. The van der Waals surface area contributed by atoms with Crippen LogP contribution in [0.5, 0.6) is 23.0 Å². The third-order valence-corrected chi connectivity index (χ3v) is 13.0. The van der Waals surface area contributed by atoms with Crippen molar-refractivity contribution in [1.29, 1.82) is 0 Å². The zero-order valence-electron chi connectivity index (χ0n) is 34.8. The zero-order valence-corrected chi connectivity index (χ0v) is 36.3. The Morgan fingerprint density at radius 3 is 2.56 bits per heavy atom. The second-order valence-corrected chi connectivity index (χ2v) is 17.1. The number of hydrogen-bond donors (Lipinski definition) is 2. The summed E-state index contributed by atoms with van der Waals surface area (Å²) in [7, 11) is 1.53. The summed E-state index contributed by atoms with van der Waals surface area (Å²) in [6.45, 7) is 5.09. The minimum absolute atomic E-state index is 0.000259. The van der Waals surface area contributed by atoms with Crippen molar-refractivity contribution in [2.24, 2.45) is 22.9 Å². The molecule has 1 amide bonds. The second kappa shape index (κ2) is 21.6. The van der Waals surface area contributed by atoms with Gasteiger partial charge in [-0.2, -0.15) is 0 Å². The van der Waals surface area contributed by atoms with Gasteiger partial charge in [0.1, 0.15) is 31.3 Å². The van der Waals surface area contributed by atoms with E-state index in [0.29, 0.717) is 42.4 Å². The molecular formula is C47H57ClN2O10S. The average Bonchev–Trinajstić information content (AvgIpc) is 3.76. The number of halogens is 1. The molecule has 0 bridgehead atoms. The van der Waals surface area contributed by atoms with Gasteiger partial charge in [-0.3, -0.25) is 4.90 Å². The fourth-order valence-corrected chi connectivity index (χ4v) is 10.3. The van der Waals surface area contributed by atoms with Crippen LogP contribution in [0.3, 0.4) is 0 Å². The minimum Gasteiger partial charge on any atom is -0.493 e. The molecule has 2 heterocycles. The maximum Gasteiger partial charge on any atom is 0.410 e. The Morgan fingerprint density at radius 2 is 1.79 bits per heavy atom. The molecule has 2 aliphatic heterocycles. The number of alkyl halides is 1. The maximum atomic E-state index is 14.5. The fourth-order valence-electron chi connectivity index (χ4n) is 9.43. The van der Waals surface area contributed by atoms with E-state index in [0.717, 1.165) is 53.9 Å². The number of carbonyl (C=O) groups is 1. The molecule has 0 saturated heterocycles. The molecule has 0 aromatic heterocycles. The largest absolute Gasteiger partial charge is 0.493 e. The van der Waals surface area contributed by atoms with E-state index in [1.54, 1.807) is 22.7 Å². The van der Waals surface area contributed by atoms with Gasteiger partial charge in [0.15, 0.2) is 11.5 Å². The lowest BCUT2D eigenvalue weighted by atomic mass is 9.55. The van der Waals surface area contributed by atoms with Crippen molar-refractivity contribution in [1.82, 2.24) is 4.90 Å². The number of nitrogens with zero attached hydrogens (tertiary/aromatic N) is 2. The van der Waals surface area contributed by atoms with Gasteiger partial charge in [0.25, 0.3) is 0 Å². The van der Waals surface area contributed by atoms with Crippen LogP contribution >= 0.6 is 23.4 Å². The molecule has 7 rings (SSSR count). The number of carbonyl (C=O) groups excluding carboxylic acids is 1. The number of rotatable bonds is 22. The van der Waals surface area contributed by atoms with Crippen molar-refractivity contribution >= 4 is 35.2 Å². The number of amides is 1. The van der Waals surface area contributed by atoms with Crippen LogP contribution in [0.15, 0.2) is 101 Å². The Hall–Kier alpha value is -4.40. The van der Waals surface area contributed by atoms with Crippen LogP contribution in [0.1, 0.15) is 62.0 Å². The number of unbranched alkanes of at least 4 members (excludes halogenated alkanes) is 2. The molecule has 1 fully saturated rings. The number of thioether (sulfide) groups is 1. The van der Waals surface area contributed by atoms with E-state index in [2.05, 4.69) is 36.0 Å². The van der Waals surface area contributed by atoms with Crippen molar-refractivity contribution in [2.45, 2.75) is 74.1 Å².